The first kappa shape index (κ1) is 12.6. The van der Waals surface area contributed by atoms with E-state index in [0.29, 0.717) is 0 Å². The molecule has 2 rings (SSSR count). The largest absolute Gasteiger partial charge is 0.335 e. The maximum Gasteiger partial charge on any atom is 0.224 e. The predicted molar refractivity (Wildman–Crippen MR) is 61.4 cm³/mol. The second-order valence-corrected chi connectivity index (χ2v) is 3.88. The van der Waals surface area contributed by atoms with E-state index in [1.165, 1.54) is 6.92 Å². The monoisotopic (exact) mass is 273 g/mol. The minimum absolute atomic E-state index is 0.152. The maximum absolute atomic E-state index is 13.5. The quantitative estimate of drug-likeness (QED) is 0.850. The minimum atomic E-state index is -0.820. The van der Waals surface area contributed by atoms with E-state index >= 15 is 0 Å². The van der Waals surface area contributed by atoms with E-state index in [0.717, 1.165) is 18.3 Å². The van der Waals surface area contributed by atoms with Crippen LogP contribution in [0.4, 0.5) is 24.7 Å². The first-order valence-electron chi connectivity index (χ1n) is 4.88. The lowest BCUT2D eigenvalue weighted by molar-refractivity contribution is 0.594. The second-order valence-electron chi connectivity index (χ2n) is 3.54. The summed E-state index contributed by atoms with van der Waals surface area (Å²) in [5.74, 6) is -2.47. The zero-order valence-electron chi connectivity index (χ0n) is 9.14. The molecule has 0 aliphatic carbocycles. The Morgan fingerprint density at radius 2 is 1.83 bits per heavy atom. The van der Waals surface area contributed by atoms with Crippen molar-refractivity contribution in [2.24, 2.45) is 0 Å². The van der Waals surface area contributed by atoms with E-state index < -0.39 is 17.5 Å². The van der Waals surface area contributed by atoms with Gasteiger partial charge in [-0.3, -0.25) is 0 Å². The topological polar surface area (TPSA) is 37.8 Å². The van der Waals surface area contributed by atoms with Gasteiger partial charge in [0.2, 0.25) is 5.28 Å². The first-order valence-corrected chi connectivity index (χ1v) is 5.26. The Hall–Kier alpha value is -1.82. The summed E-state index contributed by atoms with van der Waals surface area (Å²) in [4.78, 5) is 6.95. The molecule has 0 radical (unpaired) electrons. The van der Waals surface area contributed by atoms with Gasteiger partial charge in [-0.05, 0) is 30.2 Å². The molecular formula is C11H7ClF3N3. The first-order chi connectivity index (χ1) is 8.47. The van der Waals surface area contributed by atoms with Gasteiger partial charge in [0.25, 0.3) is 0 Å². The van der Waals surface area contributed by atoms with E-state index in [9.17, 15) is 13.2 Å². The van der Waals surface area contributed by atoms with Gasteiger partial charge in [-0.25, -0.2) is 18.2 Å². The zero-order valence-corrected chi connectivity index (χ0v) is 9.89. The summed E-state index contributed by atoms with van der Waals surface area (Å²) in [6.07, 6.45) is 0.833. The molecule has 0 unspecified atom stereocenters. The van der Waals surface area contributed by atoms with Crippen LogP contribution in [-0.2, 0) is 0 Å². The van der Waals surface area contributed by atoms with Crippen LogP contribution < -0.4 is 5.32 Å². The van der Waals surface area contributed by atoms with Gasteiger partial charge in [0.1, 0.15) is 11.6 Å². The SMILES string of the molecule is Cc1cc(F)c(Nc2nc(Cl)ncc2F)cc1F. The lowest BCUT2D eigenvalue weighted by atomic mass is 10.2. The van der Waals surface area contributed by atoms with Crippen LogP contribution in [0.25, 0.3) is 0 Å². The van der Waals surface area contributed by atoms with Crippen LogP contribution in [0.1, 0.15) is 5.56 Å². The number of hydrogen-bond acceptors (Lipinski definition) is 3. The van der Waals surface area contributed by atoms with Crippen molar-refractivity contribution in [1.29, 1.82) is 0 Å². The van der Waals surface area contributed by atoms with Crippen LogP contribution in [0.5, 0.6) is 0 Å². The van der Waals surface area contributed by atoms with E-state index in [2.05, 4.69) is 15.3 Å². The average molecular weight is 274 g/mol. The summed E-state index contributed by atoms with van der Waals surface area (Å²) in [6, 6.07) is 1.92. The lowest BCUT2D eigenvalue weighted by Gasteiger charge is -2.08. The summed E-state index contributed by atoms with van der Waals surface area (Å²) in [5.41, 5.74) is -0.0778. The Bertz CT molecular complexity index is 604. The average Bonchev–Trinajstić information content (AvgIpc) is 2.30. The molecule has 0 saturated heterocycles. The fourth-order valence-corrected chi connectivity index (χ4v) is 1.44. The third-order valence-corrected chi connectivity index (χ3v) is 2.40. The van der Waals surface area contributed by atoms with Gasteiger partial charge in [0.05, 0.1) is 11.9 Å². The number of halogens is 4. The van der Waals surface area contributed by atoms with Gasteiger partial charge in [-0.15, -0.1) is 0 Å². The Balaban J connectivity index is 2.40. The molecule has 18 heavy (non-hydrogen) atoms. The van der Waals surface area contributed by atoms with Gasteiger partial charge >= 0.3 is 0 Å². The molecule has 0 amide bonds. The highest BCUT2D eigenvalue weighted by molar-refractivity contribution is 6.28. The third kappa shape index (κ3) is 2.53. The number of nitrogens with zero attached hydrogens (tertiary/aromatic N) is 2. The molecule has 0 saturated carbocycles. The lowest BCUT2D eigenvalue weighted by Crippen LogP contribution is -2.02. The van der Waals surface area contributed by atoms with Gasteiger partial charge in [-0.2, -0.15) is 4.98 Å². The molecule has 0 fully saturated rings. The number of aryl methyl sites for hydroxylation is 1. The van der Waals surface area contributed by atoms with Crippen molar-refractivity contribution in [3.05, 3.63) is 46.6 Å². The molecule has 0 atom stereocenters. The number of benzene rings is 1. The van der Waals surface area contributed by atoms with E-state index in [1.54, 1.807) is 0 Å². The molecule has 0 bridgehead atoms. The summed E-state index contributed by atoms with van der Waals surface area (Å²) >= 11 is 5.48. The number of nitrogens with one attached hydrogen (secondary N) is 1. The van der Waals surface area contributed by atoms with Crippen LogP contribution in [0.2, 0.25) is 5.28 Å². The van der Waals surface area contributed by atoms with Crippen molar-refractivity contribution in [1.82, 2.24) is 9.97 Å². The van der Waals surface area contributed by atoms with E-state index in [1.807, 2.05) is 0 Å². The maximum atomic E-state index is 13.5. The van der Waals surface area contributed by atoms with Gasteiger partial charge in [0.15, 0.2) is 11.6 Å². The van der Waals surface area contributed by atoms with Crippen molar-refractivity contribution in [2.75, 3.05) is 5.32 Å². The number of aromatic nitrogens is 2. The van der Waals surface area contributed by atoms with Crippen LogP contribution in [0, 0.1) is 24.4 Å². The van der Waals surface area contributed by atoms with E-state index in [4.69, 9.17) is 11.6 Å². The fourth-order valence-electron chi connectivity index (χ4n) is 1.30. The Labute approximate surface area is 106 Å². The van der Waals surface area contributed by atoms with Crippen molar-refractivity contribution in [3.63, 3.8) is 0 Å². The molecular weight excluding hydrogens is 267 g/mol. The molecule has 1 N–H and O–H groups in total. The van der Waals surface area contributed by atoms with Crippen molar-refractivity contribution >= 4 is 23.1 Å². The Kier molecular flexibility index (Phi) is 3.38. The van der Waals surface area contributed by atoms with Crippen LogP contribution in [0.15, 0.2) is 18.3 Å². The highest BCUT2D eigenvalue weighted by atomic mass is 35.5. The van der Waals surface area contributed by atoms with Crippen LogP contribution in [-0.4, -0.2) is 9.97 Å². The van der Waals surface area contributed by atoms with Gasteiger partial charge in [-0.1, -0.05) is 0 Å². The highest BCUT2D eigenvalue weighted by Crippen LogP contribution is 2.23. The highest BCUT2D eigenvalue weighted by Gasteiger charge is 2.11. The van der Waals surface area contributed by atoms with Gasteiger partial charge < -0.3 is 5.32 Å². The molecule has 7 heteroatoms. The molecule has 0 spiro atoms. The minimum Gasteiger partial charge on any atom is -0.335 e. The molecule has 1 aromatic heterocycles. The molecule has 2 aromatic rings. The fraction of sp³-hybridized carbons (Fsp3) is 0.0909. The Morgan fingerprint density at radius 3 is 2.56 bits per heavy atom. The van der Waals surface area contributed by atoms with Gasteiger partial charge in [0, 0.05) is 6.07 Å². The van der Waals surface area contributed by atoms with Crippen LogP contribution in [0.3, 0.4) is 0 Å². The molecule has 94 valence electrons. The zero-order chi connectivity index (χ0) is 13.3. The summed E-state index contributed by atoms with van der Waals surface area (Å²) in [7, 11) is 0. The number of anilines is 2. The standard InChI is InChI=1S/C11H7ClF3N3/c1-5-2-7(14)9(3-6(5)13)17-10-8(15)4-16-11(12)18-10/h2-4H,1H3,(H,16,17,18). The molecule has 0 aliphatic heterocycles. The van der Waals surface area contributed by atoms with E-state index in [-0.39, 0.29) is 22.4 Å². The molecule has 0 aliphatic rings. The normalized spacial score (nSPS) is 10.5. The predicted octanol–water partition coefficient (Wildman–Crippen LogP) is 3.60. The smallest absolute Gasteiger partial charge is 0.224 e. The summed E-state index contributed by atoms with van der Waals surface area (Å²) in [6.45, 7) is 1.42. The van der Waals surface area contributed by atoms with Crippen molar-refractivity contribution in [3.8, 4) is 0 Å². The number of hydrogen-bond donors (Lipinski definition) is 1. The van der Waals surface area contributed by atoms with Crippen molar-refractivity contribution < 1.29 is 13.2 Å². The summed E-state index contributed by atoms with van der Waals surface area (Å²) < 4.78 is 40.1. The second kappa shape index (κ2) is 4.81. The third-order valence-electron chi connectivity index (χ3n) is 2.22. The summed E-state index contributed by atoms with van der Waals surface area (Å²) in [5, 5.41) is 2.12. The molecule has 1 heterocycles. The molecule has 3 nitrogen and oxygen atoms in total. The molecule has 1 aromatic carbocycles. The van der Waals surface area contributed by atoms with Crippen molar-refractivity contribution in [2.45, 2.75) is 6.92 Å². The number of rotatable bonds is 2. The Morgan fingerprint density at radius 1 is 1.11 bits per heavy atom. The van der Waals surface area contributed by atoms with Crippen LogP contribution >= 0.6 is 11.6 Å².